The third kappa shape index (κ3) is 3.13. The number of fused-ring (bicyclic) bond motifs is 8. The van der Waals surface area contributed by atoms with Gasteiger partial charge in [0.1, 0.15) is 11.6 Å². The monoisotopic (exact) mass is 456 g/mol. The van der Waals surface area contributed by atoms with Crippen LogP contribution in [0.1, 0.15) is 49.5 Å². The first-order chi connectivity index (χ1) is 17.1. The number of hydrogen-bond donors (Lipinski definition) is 2. The molecule has 0 bridgehead atoms. The van der Waals surface area contributed by atoms with Gasteiger partial charge in [0.25, 0.3) is 0 Å². The van der Waals surface area contributed by atoms with Crippen molar-refractivity contribution in [3.8, 4) is 22.3 Å². The fraction of sp³-hybridized carbons (Fsp3) is 0.226. The number of imidazole rings is 2. The molecule has 0 saturated heterocycles. The molecule has 1 aliphatic rings. The molecule has 2 heterocycles. The molecular formula is C31H28N4. The molecule has 0 aliphatic heterocycles. The number of aromatic amines is 2. The summed E-state index contributed by atoms with van der Waals surface area (Å²) < 4.78 is 0. The number of H-pyrrole nitrogens is 2. The molecule has 35 heavy (non-hydrogen) atoms. The van der Waals surface area contributed by atoms with Crippen LogP contribution in [0.2, 0.25) is 0 Å². The molecule has 0 unspecified atom stereocenters. The van der Waals surface area contributed by atoms with Gasteiger partial charge in [-0.1, -0.05) is 63.2 Å². The molecule has 0 fully saturated rings. The lowest BCUT2D eigenvalue weighted by Crippen LogP contribution is -2.05. The largest absolute Gasteiger partial charge is 0.342 e. The molecular weight excluding hydrogens is 428 g/mol. The topological polar surface area (TPSA) is 57.4 Å². The summed E-state index contributed by atoms with van der Waals surface area (Å²) >= 11 is 0. The van der Waals surface area contributed by atoms with Crippen LogP contribution in [-0.2, 0) is 19.3 Å². The minimum Gasteiger partial charge on any atom is -0.342 e. The number of nitrogens with one attached hydrogen (secondary N) is 2. The summed E-state index contributed by atoms with van der Waals surface area (Å²) in [4.78, 5) is 16.7. The first-order valence-corrected chi connectivity index (χ1v) is 12.7. The van der Waals surface area contributed by atoms with Crippen molar-refractivity contribution in [1.29, 1.82) is 0 Å². The van der Waals surface area contributed by atoms with Gasteiger partial charge in [-0.25, -0.2) is 9.97 Å². The van der Waals surface area contributed by atoms with Crippen LogP contribution in [0.25, 0.3) is 55.1 Å². The lowest BCUT2D eigenvalue weighted by atomic mass is 9.83. The standard InChI is InChI=1S/C31H28N4/c1-4-28-32-26-14-12-24-22-9-5-18(15-20(22)7-11-25(24)30(26)34-28)19-6-10-23-21(16-19)8-13-27-29(23)35-31(33-27)17(2)3/h5-6,8-10,12-17H,4,7,11H2,1-3H3,(H,32,34)(H,33,35). The molecule has 0 atom stereocenters. The Morgan fingerprint density at radius 2 is 1.66 bits per heavy atom. The number of aryl methyl sites for hydroxylation is 3. The van der Waals surface area contributed by atoms with E-state index in [-0.39, 0.29) is 0 Å². The summed E-state index contributed by atoms with van der Waals surface area (Å²) in [7, 11) is 0. The number of rotatable bonds is 3. The third-order valence-electron chi connectivity index (χ3n) is 7.56. The van der Waals surface area contributed by atoms with E-state index in [1.807, 2.05) is 0 Å². The van der Waals surface area contributed by atoms with Gasteiger partial charge in [-0.15, -0.1) is 0 Å². The molecule has 4 aromatic carbocycles. The zero-order valence-electron chi connectivity index (χ0n) is 20.4. The van der Waals surface area contributed by atoms with Crippen molar-refractivity contribution >= 4 is 32.8 Å². The van der Waals surface area contributed by atoms with Crippen LogP contribution in [0.15, 0.2) is 60.7 Å². The van der Waals surface area contributed by atoms with Crippen molar-refractivity contribution in [3.05, 3.63) is 83.4 Å². The molecule has 0 saturated carbocycles. The Kier molecular flexibility index (Phi) is 4.41. The Labute approximate surface area is 204 Å². The quantitative estimate of drug-likeness (QED) is 0.286. The highest BCUT2D eigenvalue weighted by atomic mass is 14.9. The maximum absolute atomic E-state index is 4.88. The highest BCUT2D eigenvalue weighted by Gasteiger charge is 2.20. The van der Waals surface area contributed by atoms with Gasteiger partial charge in [0.2, 0.25) is 0 Å². The molecule has 0 radical (unpaired) electrons. The Bertz CT molecular complexity index is 1770. The van der Waals surface area contributed by atoms with Crippen LogP contribution in [0.3, 0.4) is 0 Å². The van der Waals surface area contributed by atoms with E-state index >= 15 is 0 Å². The van der Waals surface area contributed by atoms with E-state index in [4.69, 9.17) is 9.97 Å². The van der Waals surface area contributed by atoms with Crippen LogP contribution in [0.4, 0.5) is 0 Å². The first kappa shape index (κ1) is 20.5. The Balaban J connectivity index is 1.30. The smallest absolute Gasteiger partial charge is 0.109 e. The highest BCUT2D eigenvalue weighted by molar-refractivity contribution is 6.05. The first-order valence-electron chi connectivity index (χ1n) is 12.7. The molecule has 1 aliphatic carbocycles. The molecule has 0 spiro atoms. The van der Waals surface area contributed by atoms with Gasteiger partial charge >= 0.3 is 0 Å². The summed E-state index contributed by atoms with van der Waals surface area (Å²) in [6.45, 7) is 6.49. The highest BCUT2D eigenvalue weighted by Crippen LogP contribution is 2.39. The number of benzene rings is 4. The van der Waals surface area contributed by atoms with E-state index < -0.39 is 0 Å². The second kappa shape index (κ2) is 7.54. The second-order valence-corrected chi connectivity index (χ2v) is 10.1. The molecule has 4 nitrogen and oxygen atoms in total. The number of aromatic nitrogens is 4. The number of nitrogens with zero attached hydrogens (tertiary/aromatic N) is 2. The van der Waals surface area contributed by atoms with Gasteiger partial charge in [0, 0.05) is 17.7 Å². The van der Waals surface area contributed by atoms with Crippen LogP contribution >= 0.6 is 0 Å². The predicted molar refractivity (Wildman–Crippen MR) is 145 cm³/mol. The van der Waals surface area contributed by atoms with Gasteiger partial charge in [-0.3, -0.25) is 0 Å². The van der Waals surface area contributed by atoms with Crippen molar-refractivity contribution in [2.24, 2.45) is 0 Å². The normalized spacial score (nSPS) is 13.1. The van der Waals surface area contributed by atoms with E-state index in [1.54, 1.807) is 0 Å². The molecule has 4 heteroatoms. The van der Waals surface area contributed by atoms with E-state index in [9.17, 15) is 0 Å². The van der Waals surface area contributed by atoms with Crippen molar-refractivity contribution in [2.75, 3.05) is 0 Å². The van der Waals surface area contributed by atoms with Gasteiger partial charge in [0.15, 0.2) is 0 Å². The van der Waals surface area contributed by atoms with Crippen LogP contribution in [-0.4, -0.2) is 19.9 Å². The number of hydrogen-bond acceptors (Lipinski definition) is 2. The average molecular weight is 457 g/mol. The van der Waals surface area contributed by atoms with Crippen LogP contribution in [0.5, 0.6) is 0 Å². The molecule has 2 aromatic heterocycles. The molecule has 7 rings (SSSR count). The van der Waals surface area contributed by atoms with Crippen molar-refractivity contribution in [1.82, 2.24) is 19.9 Å². The summed E-state index contributed by atoms with van der Waals surface area (Å²) in [5.41, 5.74) is 12.5. The zero-order chi connectivity index (χ0) is 23.7. The molecule has 0 amide bonds. The van der Waals surface area contributed by atoms with E-state index in [0.29, 0.717) is 5.92 Å². The summed E-state index contributed by atoms with van der Waals surface area (Å²) in [5.74, 6) is 2.50. The summed E-state index contributed by atoms with van der Waals surface area (Å²) in [6.07, 6.45) is 3.01. The minimum absolute atomic E-state index is 0.384. The van der Waals surface area contributed by atoms with Crippen LogP contribution in [0, 0.1) is 0 Å². The van der Waals surface area contributed by atoms with E-state index in [1.165, 1.54) is 44.2 Å². The minimum atomic E-state index is 0.384. The van der Waals surface area contributed by atoms with Crippen molar-refractivity contribution < 1.29 is 0 Å². The fourth-order valence-corrected chi connectivity index (χ4v) is 5.64. The van der Waals surface area contributed by atoms with Crippen LogP contribution < -0.4 is 0 Å². The predicted octanol–water partition coefficient (Wildman–Crippen LogP) is 7.71. The Morgan fingerprint density at radius 1 is 0.829 bits per heavy atom. The SMILES string of the molecule is CCc1nc2c3c(ccc2[nH]1)-c1ccc(-c2ccc4c(ccc5nc(C(C)C)[nH]c54)c2)cc1CC3. The zero-order valence-corrected chi connectivity index (χ0v) is 20.4. The second-order valence-electron chi connectivity index (χ2n) is 10.1. The molecule has 6 aromatic rings. The van der Waals surface area contributed by atoms with Gasteiger partial charge in [-0.05, 0) is 69.8 Å². The van der Waals surface area contributed by atoms with Crippen molar-refractivity contribution in [2.45, 2.75) is 46.0 Å². The maximum Gasteiger partial charge on any atom is 0.109 e. The average Bonchev–Trinajstić information content (AvgIpc) is 3.52. The lowest BCUT2D eigenvalue weighted by molar-refractivity contribution is 0.799. The van der Waals surface area contributed by atoms with Gasteiger partial charge < -0.3 is 9.97 Å². The summed E-state index contributed by atoms with van der Waals surface area (Å²) in [5, 5.41) is 2.47. The van der Waals surface area contributed by atoms with Crippen molar-refractivity contribution in [3.63, 3.8) is 0 Å². The Morgan fingerprint density at radius 3 is 2.51 bits per heavy atom. The lowest BCUT2D eigenvalue weighted by Gasteiger charge is -2.21. The third-order valence-corrected chi connectivity index (χ3v) is 7.56. The Hall–Kier alpha value is -3.92. The maximum atomic E-state index is 4.88. The van der Waals surface area contributed by atoms with Gasteiger partial charge in [0.05, 0.1) is 22.1 Å². The van der Waals surface area contributed by atoms with E-state index in [0.717, 1.165) is 53.0 Å². The fourth-order valence-electron chi connectivity index (χ4n) is 5.64. The summed E-state index contributed by atoms with van der Waals surface area (Å²) in [6, 6.07) is 22.5. The molecule has 172 valence electrons. The van der Waals surface area contributed by atoms with Gasteiger partial charge in [-0.2, -0.15) is 0 Å². The van der Waals surface area contributed by atoms with E-state index in [2.05, 4.69) is 91.4 Å². The molecule has 2 N–H and O–H groups in total.